The molecule has 0 amide bonds. The van der Waals surface area contributed by atoms with E-state index < -0.39 is 21.8 Å². The summed E-state index contributed by atoms with van der Waals surface area (Å²) in [7, 11) is -4.17. The summed E-state index contributed by atoms with van der Waals surface area (Å²) in [5, 5.41) is 15.1. The molecule has 4 rings (SSSR count). The second-order valence-electron chi connectivity index (χ2n) is 7.50. The molecule has 0 bridgehead atoms. The van der Waals surface area contributed by atoms with Crippen LogP contribution in [0, 0.1) is 0 Å². The summed E-state index contributed by atoms with van der Waals surface area (Å²) in [6.45, 7) is 0. The number of sulfonamides is 1. The van der Waals surface area contributed by atoms with E-state index in [-0.39, 0.29) is 26.0 Å². The van der Waals surface area contributed by atoms with Gasteiger partial charge in [0.25, 0.3) is 0 Å². The first-order valence-corrected chi connectivity index (χ1v) is 13.1. The molecule has 3 N–H and O–H groups in total. The molecule has 1 aliphatic rings. The number of phenolic OH excluding ortho intramolecular Hbond substituents is 1. The van der Waals surface area contributed by atoms with Gasteiger partial charge >= 0.3 is 0 Å². The minimum atomic E-state index is -4.17. The SMILES string of the molecule is O=S(=O)(NC(C1=NNC(c2ccc(Cl)cc2)C1)c1ccc(Cl)cc1Cl)c1cc(Cl)c(O)c(Cl)c1. The Morgan fingerprint density at radius 1 is 0.912 bits per heavy atom. The van der Waals surface area contributed by atoms with Gasteiger partial charge in [0.15, 0.2) is 5.75 Å². The number of halogens is 5. The van der Waals surface area contributed by atoms with E-state index in [2.05, 4.69) is 15.2 Å². The molecule has 34 heavy (non-hydrogen) atoms. The number of benzene rings is 3. The van der Waals surface area contributed by atoms with E-state index in [1.165, 1.54) is 6.07 Å². The van der Waals surface area contributed by atoms with Gasteiger partial charge in [-0.25, -0.2) is 8.42 Å². The van der Waals surface area contributed by atoms with Crippen molar-refractivity contribution >= 4 is 73.7 Å². The van der Waals surface area contributed by atoms with E-state index in [1.54, 1.807) is 24.3 Å². The topological polar surface area (TPSA) is 90.8 Å². The molecule has 12 heteroatoms. The Hall–Kier alpha value is -1.71. The highest BCUT2D eigenvalue weighted by atomic mass is 35.5. The van der Waals surface area contributed by atoms with Gasteiger partial charge in [0, 0.05) is 21.5 Å². The van der Waals surface area contributed by atoms with Crippen LogP contribution in [0.5, 0.6) is 5.75 Å². The van der Waals surface area contributed by atoms with Crippen molar-refractivity contribution in [2.75, 3.05) is 0 Å². The Labute approximate surface area is 221 Å². The first kappa shape index (κ1) is 25.4. The lowest BCUT2D eigenvalue weighted by Crippen LogP contribution is -2.33. The number of hydrogen-bond donors (Lipinski definition) is 3. The number of aromatic hydroxyl groups is 1. The summed E-state index contributed by atoms with van der Waals surface area (Å²) >= 11 is 30.3. The molecule has 0 fully saturated rings. The zero-order valence-corrected chi connectivity index (χ0v) is 21.7. The van der Waals surface area contributed by atoms with Gasteiger partial charge in [-0.3, -0.25) is 0 Å². The Bertz CT molecular complexity index is 1360. The molecule has 178 valence electrons. The Kier molecular flexibility index (Phi) is 7.55. The molecule has 3 aromatic rings. The minimum Gasteiger partial charge on any atom is -0.505 e. The third-order valence-corrected chi connectivity index (χ3v) is 8.02. The highest BCUT2D eigenvalue weighted by Gasteiger charge is 2.32. The van der Waals surface area contributed by atoms with E-state index in [0.717, 1.165) is 17.7 Å². The third kappa shape index (κ3) is 5.41. The van der Waals surface area contributed by atoms with Gasteiger partial charge in [0.05, 0.1) is 32.7 Å². The zero-order valence-electron chi connectivity index (χ0n) is 17.1. The highest BCUT2D eigenvalue weighted by molar-refractivity contribution is 7.89. The highest BCUT2D eigenvalue weighted by Crippen LogP contribution is 2.36. The van der Waals surface area contributed by atoms with Crippen molar-refractivity contribution in [3.8, 4) is 5.75 Å². The molecule has 3 aromatic carbocycles. The lowest BCUT2D eigenvalue weighted by atomic mass is 9.96. The van der Waals surface area contributed by atoms with Gasteiger partial charge in [-0.1, -0.05) is 76.2 Å². The molecule has 0 aromatic heterocycles. The van der Waals surface area contributed by atoms with Gasteiger partial charge in [-0.2, -0.15) is 9.82 Å². The fourth-order valence-electron chi connectivity index (χ4n) is 3.50. The molecule has 2 atom stereocenters. The van der Waals surface area contributed by atoms with Crippen LogP contribution >= 0.6 is 58.0 Å². The first-order chi connectivity index (χ1) is 16.0. The minimum absolute atomic E-state index is 0.192. The molecular weight excluding hydrogens is 564 g/mol. The van der Waals surface area contributed by atoms with Crippen molar-refractivity contribution in [3.63, 3.8) is 0 Å². The molecule has 0 spiro atoms. The average molecular weight is 580 g/mol. The molecule has 0 saturated heterocycles. The quantitative estimate of drug-likeness (QED) is 0.301. The second kappa shape index (κ2) is 10.1. The van der Waals surface area contributed by atoms with Crippen molar-refractivity contribution in [2.45, 2.75) is 23.4 Å². The molecule has 2 unspecified atom stereocenters. The van der Waals surface area contributed by atoms with Crippen LogP contribution in [0.2, 0.25) is 25.1 Å². The monoisotopic (exact) mass is 577 g/mol. The standard InChI is InChI=1S/C22H16Cl5N3O3S/c23-12-3-1-11(2-4-12)19-10-20(29-28-19)21(15-6-5-13(24)7-16(15)25)30-34(32,33)14-8-17(26)22(31)18(27)9-14/h1-9,19,21,28,30-31H,10H2. The maximum absolute atomic E-state index is 13.3. The van der Waals surface area contributed by atoms with Crippen molar-refractivity contribution in [1.82, 2.24) is 10.1 Å². The van der Waals surface area contributed by atoms with Crippen molar-refractivity contribution in [2.24, 2.45) is 5.10 Å². The number of hydrazone groups is 1. The predicted octanol–water partition coefficient (Wildman–Crippen LogP) is 6.77. The lowest BCUT2D eigenvalue weighted by Gasteiger charge is -2.21. The van der Waals surface area contributed by atoms with Crippen LogP contribution in [0.25, 0.3) is 0 Å². The Morgan fingerprint density at radius 2 is 1.53 bits per heavy atom. The smallest absolute Gasteiger partial charge is 0.241 e. The van der Waals surface area contributed by atoms with Crippen LogP contribution in [-0.2, 0) is 10.0 Å². The number of hydrogen-bond acceptors (Lipinski definition) is 5. The van der Waals surface area contributed by atoms with Crippen LogP contribution in [0.15, 0.2) is 64.6 Å². The maximum atomic E-state index is 13.3. The summed E-state index contributed by atoms with van der Waals surface area (Å²) in [4.78, 5) is -0.226. The predicted molar refractivity (Wildman–Crippen MR) is 137 cm³/mol. The lowest BCUT2D eigenvalue weighted by molar-refractivity contribution is 0.475. The Morgan fingerprint density at radius 3 is 2.15 bits per heavy atom. The van der Waals surface area contributed by atoms with Crippen LogP contribution in [0.3, 0.4) is 0 Å². The summed E-state index contributed by atoms with van der Waals surface area (Å²) in [6, 6.07) is 13.1. The van der Waals surface area contributed by atoms with Crippen LogP contribution in [0.1, 0.15) is 29.6 Å². The van der Waals surface area contributed by atoms with E-state index in [4.69, 9.17) is 58.0 Å². The molecule has 0 aliphatic carbocycles. The van der Waals surface area contributed by atoms with Crippen molar-refractivity contribution in [3.05, 3.63) is 90.8 Å². The fraction of sp³-hybridized carbons (Fsp3) is 0.136. The zero-order chi connectivity index (χ0) is 24.6. The Balaban J connectivity index is 1.70. The van der Waals surface area contributed by atoms with E-state index in [9.17, 15) is 13.5 Å². The average Bonchev–Trinajstić information content (AvgIpc) is 3.26. The first-order valence-electron chi connectivity index (χ1n) is 9.78. The fourth-order valence-corrected chi connectivity index (χ4v) is 6.01. The normalized spacial score (nSPS) is 16.7. The van der Waals surface area contributed by atoms with Gasteiger partial charge in [0.2, 0.25) is 10.0 Å². The molecule has 1 heterocycles. The van der Waals surface area contributed by atoms with Gasteiger partial charge in [-0.05, 0) is 47.5 Å². The second-order valence-corrected chi connectivity index (χ2v) is 11.3. The van der Waals surface area contributed by atoms with E-state index in [1.807, 2.05) is 12.1 Å². The summed E-state index contributed by atoms with van der Waals surface area (Å²) in [6.07, 6.45) is 0.394. The number of nitrogens with zero attached hydrogens (tertiary/aromatic N) is 1. The number of phenols is 1. The molecular formula is C22H16Cl5N3O3S. The van der Waals surface area contributed by atoms with Crippen LogP contribution < -0.4 is 10.1 Å². The van der Waals surface area contributed by atoms with E-state index in [0.29, 0.717) is 27.7 Å². The van der Waals surface area contributed by atoms with Crippen molar-refractivity contribution in [1.29, 1.82) is 0 Å². The molecule has 0 radical (unpaired) electrons. The summed E-state index contributed by atoms with van der Waals surface area (Å²) in [5.74, 6) is -0.408. The third-order valence-electron chi connectivity index (χ3n) is 5.23. The largest absolute Gasteiger partial charge is 0.505 e. The number of rotatable bonds is 6. The summed E-state index contributed by atoms with van der Waals surface area (Å²) < 4.78 is 29.2. The molecule has 0 saturated carbocycles. The van der Waals surface area contributed by atoms with Gasteiger partial charge in [0.1, 0.15) is 0 Å². The molecule has 1 aliphatic heterocycles. The summed E-state index contributed by atoms with van der Waals surface area (Å²) in [5.41, 5.74) is 4.94. The maximum Gasteiger partial charge on any atom is 0.241 e. The van der Waals surface area contributed by atoms with Gasteiger partial charge in [-0.15, -0.1) is 0 Å². The van der Waals surface area contributed by atoms with Crippen LogP contribution in [0.4, 0.5) is 0 Å². The van der Waals surface area contributed by atoms with E-state index >= 15 is 0 Å². The van der Waals surface area contributed by atoms with Crippen LogP contribution in [-0.4, -0.2) is 19.2 Å². The number of nitrogens with one attached hydrogen (secondary N) is 2. The molecule has 6 nitrogen and oxygen atoms in total. The van der Waals surface area contributed by atoms with Gasteiger partial charge < -0.3 is 10.5 Å². The van der Waals surface area contributed by atoms with Crippen molar-refractivity contribution < 1.29 is 13.5 Å².